The summed E-state index contributed by atoms with van der Waals surface area (Å²) in [6, 6.07) is 6.47. The van der Waals surface area contributed by atoms with Crippen LogP contribution in [0.4, 0.5) is 5.69 Å². The molecule has 7 heteroatoms. The summed E-state index contributed by atoms with van der Waals surface area (Å²) in [5, 5.41) is 10.6. The summed E-state index contributed by atoms with van der Waals surface area (Å²) in [6.07, 6.45) is 1.75. The fourth-order valence-electron chi connectivity index (χ4n) is 2.38. The summed E-state index contributed by atoms with van der Waals surface area (Å²) in [6.45, 7) is 1.96. The molecule has 1 aromatic heterocycles. The number of anilines is 1. The molecule has 0 radical (unpaired) electrons. The number of para-hydroxylation sites is 1. The number of amides is 2. The number of hydrogen-bond donors (Lipinski definition) is 1. The molecule has 2 aromatic rings. The summed E-state index contributed by atoms with van der Waals surface area (Å²) >= 11 is 0. The van der Waals surface area contributed by atoms with E-state index in [-0.39, 0.29) is 18.4 Å². The fourth-order valence-corrected chi connectivity index (χ4v) is 2.38. The third-order valence-corrected chi connectivity index (χ3v) is 3.39. The second kappa shape index (κ2) is 5.01. The third kappa shape index (κ3) is 2.37. The minimum Gasteiger partial charge on any atom is -0.340 e. The molecule has 3 rings (SSSR count). The predicted octanol–water partition coefficient (Wildman–Crippen LogP) is 0.480. The highest BCUT2D eigenvalue weighted by molar-refractivity contribution is 6.10. The number of carbonyl (C=O) groups is 2. The normalized spacial score (nSPS) is 18.2. The molecule has 0 spiro atoms. The van der Waals surface area contributed by atoms with Gasteiger partial charge in [-0.3, -0.25) is 14.3 Å². The Morgan fingerprint density at radius 1 is 1.29 bits per heavy atom. The molecule has 21 heavy (non-hydrogen) atoms. The predicted molar refractivity (Wildman–Crippen MR) is 75.6 cm³/mol. The Kier molecular flexibility index (Phi) is 3.17. The lowest BCUT2D eigenvalue weighted by Crippen LogP contribution is -2.43. The first-order chi connectivity index (χ1) is 10.1. The van der Waals surface area contributed by atoms with Crippen LogP contribution in [-0.4, -0.2) is 32.9 Å². The molecule has 1 atom stereocenters. The summed E-state index contributed by atoms with van der Waals surface area (Å²) < 4.78 is 1.58. The van der Waals surface area contributed by atoms with Gasteiger partial charge in [-0.15, -0.1) is 5.10 Å². The average Bonchev–Trinajstić information content (AvgIpc) is 2.85. The topological polar surface area (TPSA) is 80.1 Å². The molecule has 1 N–H and O–H groups in total. The van der Waals surface area contributed by atoms with E-state index < -0.39 is 6.04 Å². The number of nitrogens with zero attached hydrogens (tertiary/aromatic N) is 4. The van der Waals surface area contributed by atoms with Crippen molar-refractivity contribution in [3.8, 4) is 0 Å². The van der Waals surface area contributed by atoms with Crippen LogP contribution in [0.2, 0.25) is 0 Å². The van der Waals surface area contributed by atoms with E-state index in [9.17, 15) is 9.59 Å². The highest BCUT2D eigenvalue weighted by Crippen LogP contribution is 2.25. The molecule has 108 valence electrons. The molecule has 1 aromatic carbocycles. The zero-order valence-electron chi connectivity index (χ0n) is 11.8. The van der Waals surface area contributed by atoms with Gasteiger partial charge in [-0.2, -0.15) is 0 Å². The Labute approximate surface area is 121 Å². The number of hydrogen-bond acceptors (Lipinski definition) is 4. The number of benzene rings is 1. The van der Waals surface area contributed by atoms with Crippen molar-refractivity contribution in [2.75, 3.05) is 4.90 Å². The average molecular weight is 285 g/mol. The molecule has 1 unspecified atom stereocenters. The van der Waals surface area contributed by atoms with Crippen LogP contribution in [0, 0.1) is 0 Å². The van der Waals surface area contributed by atoms with Crippen molar-refractivity contribution in [1.82, 2.24) is 20.3 Å². The first-order valence-corrected chi connectivity index (χ1v) is 6.62. The number of rotatable bonds is 2. The van der Waals surface area contributed by atoms with E-state index in [0.29, 0.717) is 16.9 Å². The molecule has 0 bridgehead atoms. The number of aryl methyl sites for hydroxylation is 1. The zero-order chi connectivity index (χ0) is 15.0. The number of nitrogens with one attached hydrogen (secondary N) is 1. The molecule has 7 nitrogen and oxygen atoms in total. The molecule has 0 saturated heterocycles. The lowest BCUT2D eigenvalue weighted by atomic mass is 10.1. The van der Waals surface area contributed by atoms with Crippen LogP contribution in [0.25, 0.3) is 0 Å². The first kappa shape index (κ1) is 13.3. The quantitative estimate of drug-likeness (QED) is 0.870. The number of carbonyl (C=O) groups excluding carboxylic acids is 2. The standard InChI is InChI=1S/C14H15N5O2/c1-9-14(21)19(8-10-7-18(2)17-16-10)12-6-4-3-5-11(12)13(20)15-9/h3-7,9H,8H2,1-2H3,(H,15,20). The van der Waals surface area contributed by atoms with E-state index in [0.717, 1.165) is 0 Å². The van der Waals surface area contributed by atoms with Crippen molar-refractivity contribution in [2.45, 2.75) is 19.5 Å². The molecule has 0 aliphatic carbocycles. The fraction of sp³-hybridized carbons (Fsp3) is 0.286. The minimum absolute atomic E-state index is 0.168. The van der Waals surface area contributed by atoms with Crippen molar-refractivity contribution in [2.24, 2.45) is 7.05 Å². The maximum atomic E-state index is 12.5. The van der Waals surface area contributed by atoms with Crippen LogP contribution in [0.5, 0.6) is 0 Å². The first-order valence-electron chi connectivity index (χ1n) is 6.62. The SMILES string of the molecule is CC1NC(=O)c2ccccc2N(Cc2cn(C)nn2)C1=O. The molecule has 2 heterocycles. The molecule has 1 aliphatic rings. The van der Waals surface area contributed by atoms with Gasteiger partial charge in [0.15, 0.2) is 0 Å². The van der Waals surface area contributed by atoms with Gasteiger partial charge in [-0.05, 0) is 19.1 Å². The second-order valence-electron chi connectivity index (χ2n) is 5.02. The Morgan fingerprint density at radius 2 is 2.05 bits per heavy atom. The maximum absolute atomic E-state index is 12.5. The van der Waals surface area contributed by atoms with Gasteiger partial charge in [0.05, 0.1) is 17.8 Å². The van der Waals surface area contributed by atoms with Gasteiger partial charge < -0.3 is 10.2 Å². The molecule has 0 fully saturated rings. The summed E-state index contributed by atoms with van der Waals surface area (Å²) in [5.74, 6) is -0.410. The summed E-state index contributed by atoms with van der Waals surface area (Å²) in [4.78, 5) is 26.2. The third-order valence-electron chi connectivity index (χ3n) is 3.39. The zero-order valence-corrected chi connectivity index (χ0v) is 11.8. The monoisotopic (exact) mass is 285 g/mol. The second-order valence-corrected chi connectivity index (χ2v) is 5.02. The van der Waals surface area contributed by atoms with E-state index in [2.05, 4.69) is 15.6 Å². The van der Waals surface area contributed by atoms with E-state index in [4.69, 9.17) is 0 Å². The van der Waals surface area contributed by atoms with Gasteiger partial charge in [0.25, 0.3) is 5.91 Å². The smallest absolute Gasteiger partial charge is 0.254 e. The van der Waals surface area contributed by atoms with Crippen LogP contribution >= 0.6 is 0 Å². The lowest BCUT2D eigenvalue weighted by Gasteiger charge is -2.22. The van der Waals surface area contributed by atoms with Gasteiger partial charge in [0.1, 0.15) is 11.7 Å². The molecular weight excluding hydrogens is 270 g/mol. The lowest BCUT2D eigenvalue weighted by molar-refractivity contribution is -0.120. The van der Waals surface area contributed by atoms with Gasteiger partial charge in [0, 0.05) is 13.2 Å². The van der Waals surface area contributed by atoms with Crippen LogP contribution in [0.3, 0.4) is 0 Å². The highest BCUT2D eigenvalue weighted by atomic mass is 16.2. The van der Waals surface area contributed by atoms with Crippen molar-refractivity contribution in [3.05, 3.63) is 41.7 Å². The van der Waals surface area contributed by atoms with Gasteiger partial charge in [-0.25, -0.2) is 0 Å². The Morgan fingerprint density at radius 3 is 2.76 bits per heavy atom. The molecule has 0 saturated carbocycles. The highest BCUT2D eigenvalue weighted by Gasteiger charge is 2.31. The van der Waals surface area contributed by atoms with Gasteiger partial charge in [-0.1, -0.05) is 17.3 Å². The van der Waals surface area contributed by atoms with E-state index >= 15 is 0 Å². The molecular formula is C14H15N5O2. The number of fused-ring (bicyclic) bond motifs is 1. The van der Waals surface area contributed by atoms with Crippen LogP contribution in [0.1, 0.15) is 23.0 Å². The van der Waals surface area contributed by atoms with Crippen LogP contribution < -0.4 is 10.2 Å². The number of aromatic nitrogens is 3. The van der Waals surface area contributed by atoms with Crippen LogP contribution in [0.15, 0.2) is 30.5 Å². The minimum atomic E-state index is -0.582. The maximum Gasteiger partial charge on any atom is 0.254 e. The van der Waals surface area contributed by atoms with Crippen molar-refractivity contribution >= 4 is 17.5 Å². The van der Waals surface area contributed by atoms with E-state index in [1.165, 1.54) is 0 Å². The van der Waals surface area contributed by atoms with Gasteiger partial charge >= 0.3 is 0 Å². The largest absolute Gasteiger partial charge is 0.340 e. The van der Waals surface area contributed by atoms with Gasteiger partial charge in [0.2, 0.25) is 5.91 Å². The Balaban J connectivity index is 2.04. The van der Waals surface area contributed by atoms with Crippen LogP contribution in [-0.2, 0) is 18.4 Å². The van der Waals surface area contributed by atoms with E-state index in [1.54, 1.807) is 54.0 Å². The Hall–Kier alpha value is -2.70. The summed E-state index contributed by atoms with van der Waals surface area (Å²) in [7, 11) is 1.77. The van der Waals surface area contributed by atoms with E-state index in [1.807, 2.05) is 0 Å². The van der Waals surface area contributed by atoms with Crippen molar-refractivity contribution in [3.63, 3.8) is 0 Å². The summed E-state index contributed by atoms with van der Waals surface area (Å²) in [5.41, 5.74) is 1.75. The Bertz CT molecular complexity index is 709. The van der Waals surface area contributed by atoms with Crippen molar-refractivity contribution < 1.29 is 9.59 Å². The molecule has 1 aliphatic heterocycles. The molecule has 2 amide bonds. The van der Waals surface area contributed by atoms with Crippen molar-refractivity contribution in [1.29, 1.82) is 0 Å².